The van der Waals surface area contributed by atoms with Crippen LogP contribution >= 0.6 is 0 Å². The quantitative estimate of drug-likeness (QED) is 0.732. The molecule has 1 N–H and O–H groups in total. The van der Waals surface area contributed by atoms with E-state index in [-0.39, 0.29) is 0 Å². The molecule has 0 amide bonds. The van der Waals surface area contributed by atoms with E-state index < -0.39 is 5.97 Å². The van der Waals surface area contributed by atoms with Crippen molar-refractivity contribution in [2.75, 3.05) is 12.4 Å². The van der Waals surface area contributed by atoms with Crippen molar-refractivity contribution >= 4 is 28.4 Å². The van der Waals surface area contributed by atoms with Gasteiger partial charge >= 0.3 is 5.97 Å². The largest absolute Gasteiger partial charge is 0.465 e. The number of methoxy groups -OCH3 is 1. The number of esters is 1. The number of nitrogens with zero attached hydrogens (tertiary/aromatic N) is 3. The normalized spacial score (nSPS) is 10.7. The Morgan fingerprint density at radius 1 is 1.30 bits per heavy atom. The number of nitrogens with one attached hydrogen (secondary N) is 1. The minimum atomic E-state index is -0.410. The lowest BCUT2D eigenvalue weighted by atomic mass is 10.2. The van der Waals surface area contributed by atoms with Crippen molar-refractivity contribution in [1.82, 2.24) is 14.8 Å². The summed E-state index contributed by atoms with van der Waals surface area (Å²) in [7, 11) is 1.36. The fourth-order valence-corrected chi connectivity index (χ4v) is 2.51. The topological polar surface area (TPSA) is 69.0 Å². The van der Waals surface area contributed by atoms with Gasteiger partial charge in [0.1, 0.15) is 0 Å². The van der Waals surface area contributed by atoms with E-state index in [1.54, 1.807) is 18.5 Å². The van der Waals surface area contributed by atoms with Gasteiger partial charge in [-0.1, -0.05) is 19.1 Å². The molecule has 0 radical (unpaired) electrons. The molecule has 0 aliphatic carbocycles. The third-order valence-electron chi connectivity index (χ3n) is 3.57. The Balaban J connectivity index is 2.04. The van der Waals surface area contributed by atoms with E-state index in [9.17, 15) is 4.79 Å². The van der Waals surface area contributed by atoms with E-state index in [0.717, 1.165) is 23.9 Å². The van der Waals surface area contributed by atoms with Gasteiger partial charge < -0.3 is 10.1 Å². The Morgan fingerprint density at radius 3 is 2.91 bits per heavy atom. The standard InChI is InChI=1S/C17H18N4O2/c1-3-10-21-15-7-5-4-6-13(15)16(20-21)19-14-11-18-9-8-12(14)17(22)23-2/h4-9,11H,3,10H2,1-2H3,(H,19,20). The number of carbonyl (C=O) groups excluding carboxylic acids is 1. The van der Waals surface area contributed by atoms with Crippen molar-refractivity contribution < 1.29 is 9.53 Å². The number of ether oxygens (including phenoxy) is 1. The van der Waals surface area contributed by atoms with Crippen LogP contribution < -0.4 is 5.32 Å². The highest BCUT2D eigenvalue weighted by atomic mass is 16.5. The van der Waals surface area contributed by atoms with Crippen LogP contribution in [0.1, 0.15) is 23.7 Å². The van der Waals surface area contributed by atoms with Crippen LogP contribution in [0.3, 0.4) is 0 Å². The maximum atomic E-state index is 11.9. The smallest absolute Gasteiger partial charge is 0.340 e. The molecular weight excluding hydrogens is 292 g/mol. The van der Waals surface area contributed by atoms with Crippen molar-refractivity contribution in [3.05, 3.63) is 48.3 Å². The molecule has 0 fully saturated rings. The number of para-hydroxylation sites is 1. The molecule has 1 aromatic carbocycles. The lowest BCUT2D eigenvalue weighted by molar-refractivity contribution is 0.0602. The van der Waals surface area contributed by atoms with Crippen LogP contribution in [0.15, 0.2) is 42.7 Å². The SMILES string of the molecule is CCCn1nc(Nc2cnccc2C(=O)OC)c2ccccc21. The number of carbonyl (C=O) groups is 1. The van der Waals surface area contributed by atoms with Crippen LogP contribution in [0, 0.1) is 0 Å². The van der Waals surface area contributed by atoms with Gasteiger partial charge in [-0.25, -0.2) is 4.79 Å². The molecule has 3 rings (SSSR count). The van der Waals surface area contributed by atoms with E-state index in [1.165, 1.54) is 7.11 Å². The molecule has 118 valence electrons. The molecule has 2 aromatic heterocycles. The van der Waals surface area contributed by atoms with Crippen LogP contribution in [-0.2, 0) is 11.3 Å². The second-order valence-electron chi connectivity index (χ2n) is 5.13. The maximum Gasteiger partial charge on any atom is 0.340 e. The fourth-order valence-electron chi connectivity index (χ4n) is 2.51. The van der Waals surface area contributed by atoms with Crippen LogP contribution in [0.5, 0.6) is 0 Å². The minimum absolute atomic E-state index is 0.410. The molecule has 0 bridgehead atoms. The second-order valence-corrected chi connectivity index (χ2v) is 5.13. The van der Waals surface area contributed by atoms with Gasteiger partial charge in [0.05, 0.1) is 30.1 Å². The zero-order chi connectivity index (χ0) is 16.2. The molecule has 0 aliphatic heterocycles. The van der Waals surface area contributed by atoms with Crippen molar-refractivity contribution in [1.29, 1.82) is 0 Å². The number of anilines is 2. The molecule has 3 aromatic rings. The molecule has 0 saturated carbocycles. The molecule has 0 aliphatic rings. The lowest BCUT2D eigenvalue weighted by Gasteiger charge is -2.08. The molecule has 0 saturated heterocycles. The van der Waals surface area contributed by atoms with Gasteiger partial charge in [0.25, 0.3) is 0 Å². The second kappa shape index (κ2) is 6.48. The Morgan fingerprint density at radius 2 is 2.13 bits per heavy atom. The summed E-state index contributed by atoms with van der Waals surface area (Å²) in [5.74, 6) is 0.291. The van der Waals surface area contributed by atoms with Crippen LogP contribution in [0.2, 0.25) is 0 Å². The number of hydrogen-bond donors (Lipinski definition) is 1. The summed E-state index contributed by atoms with van der Waals surface area (Å²) in [5.41, 5.74) is 2.06. The Kier molecular flexibility index (Phi) is 4.23. The van der Waals surface area contributed by atoms with E-state index in [0.29, 0.717) is 17.1 Å². The van der Waals surface area contributed by atoms with Gasteiger partial charge in [-0.05, 0) is 24.6 Å². The third-order valence-corrected chi connectivity index (χ3v) is 3.57. The first-order valence-corrected chi connectivity index (χ1v) is 7.49. The van der Waals surface area contributed by atoms with Crippen molar-refractivity contribution in [2.45, 2.75) is 19.9 Å². The van der Waals surface area contributed by atoms with Crippen molar-refractivity contribution in [3.63, 3.8) is 0 Å². The maximum absolute atomic E-state index is 11.9. The zero-order valence-electron chi connectivity index (χ0n) is 13.1. The molecule has 6 nitrogen and oxygen atoms in total. The number of rotatable bonds is 5. The number of aryl methyl sites for hydroxylation is 1. The summed E-state index contributed by atoms with van der Waals surface area (Å²) >= 11 is 0. The molecule has 0 atom stereocenters. The summed E-state index contributed by atoms with van der Waals surface area (Å²) in [4.78, 5) is 16.0. The lowest BCUT2D eigenvalue weighted by Crippen LogP contribution is -2.06. The van der Waals surface area contributed by atoms with Crippen LogP contribution in [0.4, 0.5) is 11.5 Å². The summed E-state index contributed by atoms with van der Waals surface area (Å²) in [6.07, 6.45) is 4.15. The predicted molar refractivity (Wildman–Crippen MR) is 88.9 cm³/mol. The van der Waals surface area contributed by atoms with Crippen LogP contribution in [0.25, 0.3) is 10.9 Å². The minimum Gasteiger partial charge on any atom is -0.465 e. The van der Waals surface area contributed by atoms with E-state index in [4.69, 9.17) is 4.74 Å². The number of benzene rings is 1. The molecule has 2 heterocycles. The zero-order valence-corrected chi connectivity index (χ0v) is 13.1. The Hall–Kier alpha value is -2.89. The Bertz CT molecular complexity index is 841. The van der Waals surface area contributed by atoms with Crippen molar-refractivity contribution in [3.8, 4) is 0 Å². The highest BCUT2D eigenvalue weighted by Crippen LogP contribution is 2.27. The van der Waals surface area contributed by atoms with E-state index >= 15 is 0 Å². The van der Waals surface area contributed by atoms with E-state index in [2.05, 4.69) is 22.3 Å². The first kappa shape index (κ1) is 15.0. The number of fused-ring (bicyclic) bond motifs is 1. The summed E-state index contributed by atoms with van der Waals surface area (Å²) < 4.78 is 6.78. The van der Waals surface area contributed by atoms with Crippen LogP contribution in [-0.4, -0.2) is 27.8 Å². The van der Waals surface area contributed by atoms with Gasteiger partial charge in [0.15, 0.2) is 5.82 Å². The first-order valence-electron chi connectivity index (χ1n) is 7.49. The average molecular weight is 310 g/mol. The average Bonchev–Trinajstić information content (AvgIpc) is 2.93. The van der Waals surface area contributed by atoms with Gasteiger partial charge in [0.2, 0.25) is 0 Å². The highest BCUT2D eigenvalue weighted by molar-refractivity contribution is 5.98. The number of hydrogen-bond acceptors (Lipinski definition) is 5. The Labute approximate surface area is 134 Å². The third kappa shape index (κ3) is 2.88. The molecule has 0 unspecified atom stereocenters. The number of pyridine rings is 1. The molecular formula is C17H18N4O2. The summed E-state index contributed by atoms with van der Waals surface area (Å²) in [5, 5.41) is 8.84. The molecule has 0 spiro atoms. The van der Waals surface area contributed by atoms with Gasteiger partial charge in [-0.15, -0.1) is 0 Å². The van der Waals surface area contributed by atoms with Gasteiger partial charge in [0, 0.05) is 18.1 Å². The van der Waals surface area contributed by atoms with Gasteiger partial charge in [-0.2, -0.15) is 5.10 Å². The number of aromatic nitrogens is 3. The highest BCUT2D eigenvalue weighted by Gasteiger charge is 2.15. The molecule has 6 heteroatoms. The monoisotopic (exact) mass is 310 g/mol. The van der Waals surface area contributed by atoms with E-state index in [1.807, 2.05) is 28.9 Å². The van der Waals surface area contributed by atoms with Crippen molar-refractivity contribution in [2.24, 2.45) is 0 Å². The first-order chi connectivity index (χ1) is 11.2. The summed E-state index contributed by atoms with van der Waals surface area (Å²) in [6, 6.07) is 9.62. The fraction of sp³-hybridized carbons (Fsp3) is 0.235. The predicted octanol–water partition coefficient (Wildman–Crippen LogP) is 3.37. The summed E-state index contributed by atoms with van der Waals surface area (Å²) in [6.45, 7) is 2.94. The van der Waals surface area contributed by atoms with Gasteiger partial charge in [-0.3, -0.25) is 9.67 Å². The molecule has 23 heavy (non-hydrogen) atoms.